The maximum Gasteiger partial charge on any atom is 0.134 e. The van der Waals surface area contributed by atoms with Crippen LogP contribution in [0.2, 0.25) is 0 Å². The molecule has 2 atom stereocenters. The Bertz CT molecular complexity index is 764. The van der Waals surface area contributed by atoms with E-state index in [1.165, 1.54) is 11.1 Å². The number of likely N-dealkylation sites (N-methyl/N-ethyl adjacent to an activating group) is 1. The number of hydrogen-bond acceptors (Lipinski definition) is 3. The first-order chi connectivity index (χ1) is 10.8. The first kappa shape index (κ1) is 13.6. The van der Waals surface area contributed by atoms with E-state index in [-0.39, 0.29) is 12.1 Å². The minimum absolute atomic E-state index is 0.111. The molecule has 3 nitrogen and oxygen atoms in total. The van der Waals surface area contributed by atoms with Crippen LogP contribution in [-0.2, 0) is 4.74 Å². The Balaban J connectivity index is 1.85. The second-order valence-corrected chi connectivity index (χ2v) is 5.88. The summed E-state index contributed by atoms with van der Waals surface area (Å²) in [6.45, 7) is 0.854. The van der Waals surface area contributed by atoms with E-state index in [2.05, 4.69) is 54.4 Å². The number of ether oxygens (including phenoxy) is 1. The van der Waals surface area contributed by atoms with E-state index in [4.69, 9.17) is 9.15 Å². The van der Waals surface area contributed by atoms with Crippen LogP contribution in [0.4, 0.5) is 0 Å². The fraction of sp³-hybridized carbons (Fsp3) is 0.263. The molecule has 112 valence electrons. The van der Waals surface area contributed by atoms with Gasteiger partial charge in [0.2, 0.25) is 0 Å². The van der Waals surface area contributed by atoms with Gasteiger partial charge in [-0.1, -0.05) is 36.4 Å². The summed E-state index contributed by atoms with van der Waals surface area (Å²) in [7, 11) is 3.90. The minimum Gasteiger partial charge on any atom is -0.459 e. The van der Waals surface area contributed by atoms with Gasteiger partial charge in [-0.2, -0.15) is 0 Å². The van der Waals surface area contributed by atoms with Crippen LogP contribution in [0.5, 0.6) is 0 Å². The highest BCUT2D eigenvalue weighted by atomic mass is 16.5. The molecule has 4 rings (SSSR count). The van der Waals surface area contributed by atoms with Crippen LogP contribution in [0, 0.1) is 0 Å². The number of hydrogen-bond donors (Lipinski definition) is 0. The average Bonchev–Trinajstić information content (AvgIpc) is 3.01. The van der Waals surface area contributed by atoms with Gasteiger partial charge >= 0.3 is 0 Å². The van der Waals surface area contributed by atoms with Crippen LogP contribution in [0.25, 0.3) is 11.3 Å². The Hall–Kier alpha value is -2.10. The van der Waals surface area contributed by atoms with Gasteiger partial charge in [0.05, 0.1) is 12.1 Å². The number of benzene rings is 1. The molecule has 2 heterocycles. The number of rotatable bonds is 2. The van der Waals surface area contributed by atoms with Gasteiger partial charge in [-0.15, -0.1) is 0 Å². The van der Waals surface area contributed by atoms with E-state index in [0.29, 0.717) is 0 Å². The Morgan fingerprint density at radius 3 is 2.64 bits per heavy atom. The largest absolute Gasteiger partial charge is 0.459 e. The van der Waals surface area contributed by atoms with Crippen molar-refractivity contribution in [3.63, 3.8) is 0 Å². The summed E-state index contributed by atoms with van der Waals surface area (Å²) in [5.41, 5.74) is 3.66. The summed E-state index contributed by atoms with van der Waals surface area (Å²) in [6, 6.07) is 19.0. The van der Waals surface area contributed by atoms with Crippen molar-refractivity contribution >= 4 is 0 Å². The van der Waals surface area contributed by atoms with Crippen LogP contribution in [0.1, 0.15) is 29.0 Å². The van der Waals surface area contributed by atoms with E-state index in [1.807, 2.05) is 12.1 Å². The zero-order valence-corrected chi connectivity index (χ0v) is 12.8. The van der Waals surface area contributed by atoms with Gasteiger partial charge < -0.3 is 9.15 Å². The van der Waals surface area contributed by atoms with Crippen molar-refractivity contribution < 1.29 is 9.15 Å². The van der Waals surface area contributed by atoms with Crippen molar-refractivity contribution in [3.8, 4) is 11.3 Å². The lowest BCUT2D eigenvalue weighted by atomic mass is 9.89. The monoisotopic (exact) mass is 293 g/mol. The molecular formula is C19H19NO2. The summed E-state index contributed by atoms with van der Waals surface area (Å²) in [5, 5.41) is 0. The molecule has 2 unspecified atom stereocenters. The SMILES string of the molecule is COC1CN(C)C(c2ccc3cccc-3o2)c2ccccc21. The first-order valence-corrected chi connectivity index (χ1v) is 7.58. The third kappa shape index (κ3) is 2.05. The molecule has 1 aromatic carbocycles. The lowest BCUT2D eigenvalue weighted by Crippen LogP contribution is -2.36. The van der Waals surface area contributed by atoms with Crippen molar-refractivity contribution in [1.29, 1.82) is 0 Å². The normalized spacial score (nSPS) is 21.9. The molecule has 0 aromatic heterocycles. The Morgan fingerprint density at radius 2 is 1.82 bits per heavy atom. The maximum absolute atomic E-state index is 6.15. The fourth-order valence-electron chi connectivity index (χ4n) is 3.46. The summed E-state index contributed by atoms with van der Waals surface area (Å²) in [5.74, 6) is 1.92. The van der Waals surface area contributed by atoms with E-state index in [9.17, 15) is 0 Å². The molecule has 0 saturated heterocycles. The topological polar surface area (TPSA) is 25.6 Å². The van der Waals surface area contributed by atoms with Gasteiger partial charge in [-0.3, -0.25) is 4.90 Å². The molecule has 0 saturated carbocycles. The van der Waals surface area contributed by atoms with Gasteiger partial charge in [0.25, 0.3) is 0 Å². The van der Waals surface area contributed by atoms with Crippen LogP contribution in [0.3, 0.4) is 0 Å². The Kier molecular flexibility index (Phi) is 3.25. The lowest BCUT2D eigenvalue weighted by Gasteiger charge is -2.37. The highest BCUT2D eigenvalue weighted by molar-refractivity contribution is 5.60. The van der Waals surface area contributed by atoms with Crippen LogP contribution >= 0.6 is 0 Å². The van der Waals surface area contributed by atoms with Gasteiger partial charge in [0, 0.05) is 19.2 Å². The summed E-state index contributed by atoms with van der Waals surface area (Å²) < 4.78 is 11.8. The third-order valence-electron chi connectivity index (χ3n) is 4.55. The van der Waals surface area contributed by atoms with Gasteiger partial charge in [0.1, 0.15) is 11.5 Å². The number of fused-ring (bicyclic) bond motifs is 2. The molecule has 3 aliphatic rings. The quantitative estimate of drug-likeness (QED) is 0.711. The molecule has 1 aliphatic carbocycles. The standard InChI is InChI=1S/C19H19NO2/c1-20-12-18(21-2)14-7-3-4-8-15(14)19(20)17-11-10-13-6-5-9-16(13)22-17/h3-11,18-19H,12H2,1-2H3. The zero-order valence-electron chi connectivity index (χ0n) is 12.8. The van der Waals surface area contributed by atoms with Gasteiger partial charge in [0.15, 0.2) is 0 Å². The summed E-state index contributed by atoms with van der Waals surface area (Å²) in [6.07, 6.45) is 0.111. The van der Waals surface area contributed by atoms with E-state index in [0.717, 1.165) is 23.6 Å². The smallest absolute Gasteiger partial charge is 0.134 e. The minimum atomic E-state index is 0.111. The molecule has 1 aromatic rings. The van der Waals surface area contributed by atoms with Crippen molar-refractivity contribution in [2.75, 3.05) is 20.7 Å². The van der Waals surface area contributed by atoms with E-state index >= 15 is 0 Å². The van der Waals surface area contributed by atoms with Gasteiger partial charge in [-0.25, -0.2) is 0 Å². The first-order valence-electron chi connectivity index (χ1n) is 7.58. The summed E-state index contributed by atoms with van der Waals surface area (Å²) in [4.78, 5) is 2.30. The maximum atomic E-state index is 6.15. The Morgan fingerprint density at radius 1 is 1.00 bits per heavy atom. The van der Waals surface area contributed by atoms with Crippen molar-refractivity contribution in [1.82, 2.24) is 4.90 Å². The van der Waals surface area contributed by atoms with E-state index in [1.54, 1.807) is 7.11 Å². The molecule has 3 heteroatoms. The van der Waals surface area contributed by atoms with E-state index < -0.39 is 0 Å². The molecular weight excluding hydrogens is 274 g/mol. The van der Waals surface area contributed by atoms with Crippen LogP contribution in [-0.4, -0.2) is 25.6 Å². The zero-order chi connectivity index (χ0) is 15.1. The molecule has 0 bridgehead atoms. The summed E-state index contributed by atoms with van der Waals surface area (Å²) >= 11 is 0. The van der Waals surface area contributed by atoms with Crippen molar-refractivity contribution in [2.24, 2.45) is 0 Å². The molecule has 0 fully saturated rings. The number of nitrogens with zero attached hydrogens (tertiary/aromatic N) is 1. The second kappa shape index (κ2) is 5.27. The highest BCUT2D eigenvalue weighted by Crippen LogP contribution is 2.40. The van der Waals surface area contributed by atoms with Crippen LogP contribution in [0.15, 0.2) is 59.0 Å². The molecule has 0 spiro atoms. The average molecular weight is 293 g/mol. The molecule has 22 heavy (non-hydrogen) atoms. The molecule has 0 radical (unpaired) electrons. The highest BCUT2D eigenvalue weighted by Gasteiger charge is 2.33. The third-order valence-corrected chi connectivity index (χ3v) is 4.55. The van der Waals surface area contributed by atoms with Crippen molar-refractivity contribution in [3.05, 3.63) is 71.5 Å². The number of methoxy groups -OCH3 is 1. The second-order valence-electron chi connectivity index (χ2n) is 5.88. The Labute approximate surface area is 130 Å². The predicted octanol–water partition coefficient (Wildman–Crippen LogP) is 4.11. The molecule has 2 aliphatic heterocycles. The fourth-order valence-corrected chi connectivity index (χ4v) is 3.46. The predicted molar refractivity (Wildman–Crippen MR) is 86.0 cm³/mol. The van der Waals surface area contributed by atoms with Gasteiger partial charge in [-0.05, 0) is 36.4 Å². The molecule has 0 amide bonds. The van der Waals surface area contributed by atoms with Crippen LogP contribution < -0.4 is 0 Å². The van der Waals surface area contributed by atoms with Crippen molar-refractivity contribution in [2.45, 2.75) is 12.1 Å². The lowest BCUT2D eigenvalue weighted by molar-refractivity contribution is 0.0457. The molecule has 0 N–H and O–H groups in total.